The van der Waals surface area contributed by atoms with Gasteiger partial charge in [0, 0.05) is 43.2 Å². The minimum atomic E-state index is -0.171. The summed E-state index contributed by atoms with van der Waals surface area (Å²) in [6, 6.07) is 9.26. The Bertz CT molecular complexity index is 1240. The van der Waals surface area contributed by atoms with E-state index in [0.29, 0.717) is 12.5 Å². The third kappa shape index (κ3) is 7.62. The molecule has 40 heavy (non-hydrogen) atoms. The zero-order chi connectivity index (χ0) is 28.3. The molecule has 1 aromatic rings. The van der Waals surface area contributed by atoms with Gasteiger partial charge >= 0.3 is 5.97 Å². The van der Waals surface area contributed by atoms with Crippen molar-refractivity contribution in [2.24, 2.45) is 4.99 Å². The fraction of sp³-hybridized carbons (Fsp3) is 0.444. The minimum Gasteiger partial charge on any atom is -0.463 e. The highest BCUT2D eigenvalue weighted by atomic mass is 16.5. The normalized spacial score (nSPS) is 22.1. The maximum Gasteiger partial charge on any atom is 0.333 e. The molecule has 0 fully saturated rings. The van der Waals surface area contributed by atoms with Crippen molar-refractivity contribution in [1.29, 1.82) is 0 Å². The summed E-state index contributed by atoms with van der Waals surface area (Å²) in [7, 11) is 1.81. The second-order valence-electron chi connectivity index (χ2n) is 11.0. The van der Waals surface area contributed by atoms with Crippen molar-refractivity contribution in [2.45, 2.75) is 77.6 Å². The minimum absolute atomic E-state index is 0.171. The average Bonchev–Trinajstić information content (AvgIpc) is 2.95. The summed E-state index contributed by atoms with van der Waals surface area (Å²) in [6.45, 7) is 10.7. The van der Waals surface area contributed by atoms with Gasteiger partial charge in [0.25, 0.3) is 0 Å². The number of benzene rings is 1. The van der Waals surface area contributed by atoms with Crippen LogP contribution in [-0.2, 0) is 9.53 Å². The van der Waals surface area contributed by atoms with Crippen molar-refractivity contribution in [3.05, 3.63) is 100 Å². The van der Waals surface area contributed by atoms with E-state index in [-0.39, 0.29) is 5.97 Å². The highest BCUT2D eigenvalue weighted by molar-refractivity contribution is 5.88. The van der Waals surface area contributed by atoms with E-state index in [4.69, 9.17) is 4.74 Å². The first-order valence-corrected chi connectivity index (χ1v) is 15.2. The highest BCUT2D eigenvalue weighted by Gasteiger charge is 2.22. The van der Waals surface area contributed by atoms with Gasteiger partial charge in [-0.1, -0.05) is 68.0 Å². The van der Waals surface area contributed by atoms with E-state index < -0.39 is 0 Å². The van der Waals surface area contributed by atoms with Gasteiger partial charge in [-0.15, -0.1) is 0 Å². The predicted molar refractivity (Wildman–Crippen MR) is 168 cm³/mol. The summed E-state index contributed by atoms with van der Waals surface area (Å²) in [5.74, 6) is 0.462. The first-order valence-electron chi connectivity index (χ1n) is 15.2. The molecule has 0 saturated carbocycles. The van der Waals surface area contributed by atoms with Crippen molar-refractivity contribution >= 4 is 17.8 Å². The first-order chi connectivity index (χ1) is 19.5. The average molecular weight is 539 g/mol. The lowest BCUT2D eigenvalue weighted by atomic mass is 9.82. The molecule has 0 bridgehead atoms. The summed E-state index contributed by atoms with van der Waals surface area (Å²) >= 11 is 0. The summed E-state index contributed by atoms with van der Waals surface area (Å²) in [5, 5.41) is 0. The van der Waals surface area contributed by atoms with Crippen LogP contribution in [0.4, 0.5) is 0 Å². The number of ether oxygens (including phenoxy) is 1. The molecule has 4 heteroatoms. The van der Waals surface area contributed by atoms with Gasteiger partial charge in [0.15, 0.2) is 0 Å². The maximum absolute atomic E-state index is 12.3. The number of allylic oxidation sites excluding steroid dienone is 7. The van der Waals surface area contributed by atoms with Gasteiger partial charge in [-0.05, 0) is 98.6 Å². The molecule has 1 heterocycles. The smallest absolute Gasteiger partial charge is 0.333 e. The molecule has 1 atom stereocenters. The van der Waals surface area contributed by atoms with Gasteiger partial charge in [-0.25, -0.2) is 4.79 Å². The molecule has 4 nitrogen and oxygen atoms in total. The molecule has 0 spiro atoms. The lowest BCUT2D eigenvalue weighted by Crippen LogP contribution is -2.29. The number of hydrogen-bond donors (Lipinski definition) is 0. The summed E-state index contributed by atoms with van der Waals surface area (Å²) in [6.07, 6.45) is 22.6. The zero-order valence-electron chi connectivity index (χ0n) is 24.8. The van der Waals surface area contributed by atoms with Gasteiger partial charge in [-0.2, -0.15) is 0 Å². The largest absolute Gasteiger partial charge is 0.463 e. The molecule has 2 aliphatic carbocycles. The lowest BCUT2D eigenvalue weighted by Gasteiger charge is -2.32. The van der Waals surface area contributed by atoms with Crippen molar-refractivity contribution in [3.8, 4) is 0 Å². The Morgan fingerprint density at radius 1 is 1.12 bits per heavy atom. The fourth-order valence-electron chi connectivity index (χ4n) is 6.03. The third-order valence-corrected chi connectivity index (χ3v) is 8.24. The summed E-state index contributed by atoms with van der Waals surface area (Å²) in [5.41, 5.74) is 9.87. The first kappa shape index (κ1) is 29.6. The van der Waals surface area contributed by atoms with E-state index in [1.807, 2.05) is 13.1 Å². The van der Waals surface area contributed by atoms with Crippen LogP contribution < -0.4 is 0 Å². The van der Waals surface area contributed by atoms with Crippen molar-refractivity contribution in [3.63, 3.8) is 0 Å². The van der Waals surface area contributed by atoms with E-state index in [0.717, 1.165) is 55.6 Å². The van der Waals surface area contributed by atoms with Crippen LogP contribution in [0.25, 0.3) is 5.57 Å². The number of carbonyl (C=O) groups is 1. The molecule has 0 saturated heterocycles. The van der Waals surface area contributed by atoms with Gasteiger partial charge in [-0.3, -0.25) is 4.99 Å². The Balaban J connectivity index is 1.52. The molecule has 3 aliphatic rings. The van der Waals surface area contributed by atoms with Gasteiger partial charge in [0.2, 0.25) is 0 Å². The van der Waals surface area contributed by atoms with E-state index in [1.165, 1.54) is 54.4 Å². The van der Waals surface area contributed by atoms with E-state index in [9.17, 15) is 4.79 Å². The molecule has 0 aromatic heterocycles. The molecule has 4 rings (SSSR count). The van der Waals surface area contributed by atoms with Crippen LogP contribution in [0, 0.1) is 0 Å². The molecule has 0 amide bonds. The van der Waals surface area contributed by atoms with Crippen LogP contribution in [0.1, 0.15) is 88.7 Å². The maximum atomic E-state index is 12.3. The molecule has 0 radical (unpaired) electrons. The number of hydrogen-bond acceptors (Lipinski definition) is 4. The SMILES string of the molecule is C=C1CC=C(c2ccc([C@@H]3CC=C(CCC)CC3)cc2)C=C1/C(=C\C=N/C)N1CC/C=C(\C(=O)OCC)CCC1. The monoisotopic (exact) mass is 538 g/mol. The molecule has 0 unspecified atom stereocenters. The molecule has 1 aliphatic heterocycles. The summed E-state index contributed by atoms with van der Waals surface area (Å²) < 4.78 is 5.24. The van der Waals surface area contributed by atoms with Crippen LogP contribution in [0.15, 0.2) is 94.2 Å². The Kier molecular flexibility index (Phi) is 11.0. The topological polar surface area (TPSA) is 41.9 Å². The third-order valence-electron chi connectivity index (χ3n) is 8.24. The van der Waals surface area contributed by atoms with Gasteiger partial charge in [0.1, 0.15) is 0 Å². The Labute approximate surface area is 241 Å². The second-order valence-corrected chi connectivity index (χ2v) is 11.0. The molecular formula is C36H46N2O2. The lowest BCUT2D eigenvalue weighted by molar-refractivity contribution is -0.138. The van der Waals surface area contributed by atoms with Crippen molar-refractivity contribution in [1.82, 2.24) is 4.90 Å². The van der Waals surface area contributed by atoms with Crippen LogP contribution in [0.3, 0.4) is 0 Å². The number of esters is 1. The zero-order valence-corrected chi connectivity index (χ0v) is 24.8. The Hall–Kier alpha value is -3.40. The Morgan fingerprint density at radius 3 is 2.65 bits per heavy atom. The van der Waals surface area contributed by atoms with E-state index >= 15 is 0 Å². The molecule has 1 aromatic carbocycles. The van der Waals surface area contributed by atoms with Crippen molar-refractivity contribution in [2.75, 3.05) is 26.7 Å². The summed E-state index contributed by atoms with van der Waals surface area (Å²) in [4.78, 5) is 18.9. The number of rotatable bonds is 9. The van der Waals surface area contributed by atoms with Crippen LogP contribution >= 0.6 is 0 Å². The number of aliphatic imine (C=N–C) groups is 1. The van der Waals surface area contributed by atoms with Crippen LogP contribution in [-0.4, -0.2) is 43.8 Å². The predicted octanol–water partition coefficient (Wildman–Crippen LogP) is 8.51. The number of carbonyl (C=O) groups excluding carboxylic acids is 1. The molecule has 212 valence electrons. The van der Waals surface area contributed by atoms with Crippen LogP contribution in [0.2, 0.25) is 0 Å². The van der Waals surface area contributed by atoms with Crippen molar-refractivity contribution < 1.29 is 9.53 Å². The second kappa shape index (κ2) is 14.8. The number of nitrogens with zero attached hydrogens (tertiary/aromatic N) is 2. The quantitative estimate of drug-likeness (QED) is 0.180. The molecule has 0 N–H and O–H groups in total. The van der Waals surface area contributed by atoms with E-state index in [2.05, 4.69) is 78.0 Å². The van der Waals surface area contributed by atoms with Gasteiger partial charge < -0.3 is 9.64 Å². The fourth-order valence-corrected chi connectivity index (χ4v) is 6.03. The van der Waals surface area contributed by atoms with E-state index in [1.54, 1.807) is 12.6 Å². The molecular weight excluding hydrogens is 492 g/mol. The van der Waals surface area contributed by atoms with Gasteiger partial charge in [0.05, 0.1) is 6.61 Å². The highest BCUT2D eigenvalue weighted by Crippen LogP contribution is 2.37. The van der Waals surface area contributed by atoms with Crippen LogP contribution in [0.5, 0.6) is 0 Å². The standard InChI is InChI=1S/C36H46N2O2/c1-5-9-28-13-16-29(17-14-28)30-18-20-31(21-19-30)33-15-12-27(3)34(26-33)35(22-23-37-4)38-24-7-10-32(11-8-25-38)36(39)40-6-2/h10,13,15,18-23,26,29H,3,5-9,11-12,14,16-17,24-25H2,1-2,4H3/b32-10-,35-22+,37-23-/t29-/m1/s1. The Morgan fingerprint density at radius 2 is 1.95 bits per heavy atom.